The van der Waals surface area contributed by atoms with Crippen LogP contribution >= 0.6 is 23.2 Å². The highest BCUT2D eigenvalue weighted by atomic mass is 35.5. The van der Waals surface area contributed by atoms with E-state index in [1.54, 1.807) is 36.1 Å². The first-order chi connectivity index (χ1) is 18.6. The van der Waals surface area contributed by atoms with Crippen molar-refractivity contribution >= 4 is 29.1 Å². The molecular formula is C31H40Cl2FNO4. The number of carbonyl (C=O) groups is 1. The molecule has 0 bridgehead atoms. The van der Waals surface area contributed by atoms with Crippen LogP contribution in [0.25, 0.3) is 0 Å². The van der Waals surface area contributed by atoms with Gasteiger partial charge in [-0.05, 0) is 71.2 Å². The van der Waals surface area contributed by atoms with Crippen molar-refractivity contribution < 1.29 is 23.8 Å². The largest absolute Gasteiger partial charge is 0.444 e. The van der Waals surface area contributed by atoms with Crippen LogP contribution in [0, 0.1) is 18.7 Å². The number of rotatable bonds is 2. The maximum absolute atomic E-state index is 14.6. The van der Waals surface area contributed by atoms with Crippen LogP contribution < -0.4 is 9.47 Å². The standard InChI is InChI=1S/C20H18Cl2FNO3.C5H10.C3H6.C2H2.CH4O/c1-20(14-6-5-12(21)9-15(14)22)26-17-10-13(16(23)11-18(17)27-20)19(25)24-7-3-2-4-8-24;1-4-5(2)3;1-3-2;2*1-2/h5-6,9-11H,2-4,7-8H2,1H3;4H,1-3H3;3H,1H2,2H3;1-2H;2H,1H3. The molecule has 8 heteroatoms. The van der Waals surface area contributed by atoms with Crippen molar-refractivity contribution in [3.05, 3.63) is 81.6 Å². The summed E-state index contributed by atoms with van der Waals surface area (Å²) in [7, 11) is 1.00. The monoisotopic (exact) mass is 579 g/mol. The van der Waals surface area contributed by atoms with Crippen LogP contribution in [0.4, 0.5) is 4.39 Å². The van der Waals surface area contributed by atoms with Gasteiger partial charge in [-0.25, -0.2) is 4.39 Å². The highest BCUT2D eigenvalue weighted by Gasteiger charge is 2.41. The molecule has 4 rings (SSSR count). The quantitative estimate of drug-likeness (QED) is 0.286. The first-order valence-corrected chi connectivity index (χ1v) is 13.2. The minimum absolute atomic E-state index is 0.00861. The average molecular weight is 581 g/mol. The number of amides is 1. The highest BCUT2D eigenvalue weighted by molar-refractivity contribution is 6.35. The predicted molar refractivity (Wildman–Crippen MR) is 160 cm³/mol. The molecule has 0 aromatic heterocycles. The molecule has 1 saturated heterocycles. The minimum Gasteiger partial charge on any atom is -0.444 e. The van der Waals surface area contributed by atoms with Gasteiger partial charge in [0.15, 0.2) is 11.5 Å². The first-order valence-electron chi connectivity index (χ1n) is 12.5. The second kappa shape index (κ2) is 18.3. The summed E-state index contributed by atoms with van der Waals surface area (Å²) >= 11 is 12.2. The van der Waals surface area contributed by atoms with E-state index in [0.29, 0.717) is 34.4 Å². The Labute approximate surface area is 243 Å². The molecule has 0 aliphatic carbocycles. The molecule has 1 unspecified atom stereocenters. The zero-order chi connectivity index (χ0) is 30.2. The average Bonchev–Trinajstić information content (AvgIpc) is 3.26. The van der Waals surface area contributed by atoms with Crippen LogP contribution in [0.2, 0.25) is 10.0 Å². The summed E-state index contributed by atoms with van der Waals surface area (Å²) in [6, 6.07) is 7.58. The van der Waals surface area contributed by atoms with E-state index in [2.05, 4.69) is 39.3 Å². The summed E-state index contributed by atoms with van der Waals surface area (Å²) in [5.74, 6) is -1.64. The maximum atomic E-state index is 14.6. The van der Waals surface area contributed by atoms with E-state index in [1.807, 2.05) is 13.8 Å². The molecule has 0 saturated carbocycles. The number of fused-ring (bicyclic) bond motifs is 1. The lowest BCUT2D eigenvalue weighted by Gasteiger charge is -2.26. The zero-order valence-electron chi connectivity index (χ0n) is 23.7. The van der Waals surface area contributed by atoms with Crippen LogP contribution in [-0.2, 0) is 5.79 Å². The number of halogens is 3. The van der Waals surface area contributed by atoms with Crippen molar-refractivity contribution in [2.75, 3.05) is 20.2 Å². The molecule has 39 heavy (non-hydrogen) atoms. The number of nitrogens with zero attached hydrogens (tertiary/aromatic N) is 1. The van der Waals surface area contributed by atoms with Crippen LogP contribution in [0.15, 0.2) is 54.6 Å². The molecule has 2 aliphatic rings. The topological polar surface area (TPSA) is 59.0 Å². The summed E-state index contributed by atoms with van der Waals surface area (Å²) in [6.07, 6.45) is 14.8. The van der Waals surface area contributed by atoms with Crippen molar-refractivity contribution in [2.24, 2.45) is 0 Å². The van der Waals surface area contributed by atoms with Crippen LogP contribution in [0.1, 0.15) is 69.8 Å². The van der Waals surface area contributed by atoms with E-state index in [0.717, 1.165) is 26.4 Å². The maximum Gasteiger partial charge on any atom is 0.276 e. The summed E-state index contributed by atoms with van der Waals surface area (Å²) in [5.41, 5.74) is 1.93. The van der Waals surface area contributed by atoms with E-state index >= 15 is 0 Å². The van der Waals surface area contributed by atoms with E-state index < -0.39 is 11.6 Å². The number of aliphatic hydroxyl groups is 1. The molecule has 1 atom stereocenters. The second-order valence-electron chi connectivity index (χ2n) is 8.68. The number of allylic oxidation sites excluding steroid dienone is 3. The van der Waals surface area contributed by atoms with Gasteiger partial charge in [0.2, 0.25) is 0 Å². The van der Waals surface area contributed by atoms with Crippen LogP contribution in [0.5, 0.6) is 11.5 Å². The summed E-state index contributed by atoms with van der Waals surface area (Å²) in [5, 5.41) is 7.87. The second-order valence-corrected chi connectivity index (χ2v) is 9.52. The van der Waals surface area contributed by atoms with Gasteiger partial charge in [0.25, 0.3) is 11.7 Å². The Balaban J connectivity index is 0.00000104. The number of hydrogen-bond acceptors (Lipinski definition) is 4. The van der Waals surface area contributed by atoms with Gasteiger partial charge >= 0.3 is 0 Å². The van der Waals surface area contributed by atoms with E-state index in [1.165, 1.54) is 17.7 Å². The summed E-state index contributed by atoms with van der Waals surface area (Å²) in [6.45, 7) is 14.4. The number of aliphatic hydroxyl groups excluding tert-OH is 1. The third kappa shape index (κ3) is 10.6. The first kappa shape index (κ1) is 36.0. The lowest BCUT2D eigenvalue weighted by atomic mass is 10.1. The molecule has 2 aromatic carbocycles. The summed E-state index contributed by atoms with van der Waals surface area (Å²) < 4.78 is 26.4. The number of hydrogen-bond donors (Lipinski definition) is 1. The van der Waals surface area contributed by atoms with Crippen LogP contribution in [-0.4, -0.2) is 36.1 Å². The third-order valence-corrected chi connectivity index (χ3v) is 6.06. The third-order valence-electron chi connectivity index (χ3n) is 5.51. The number of terminal acetylenes is 1. The fourth-order valence-corrected chi connectivity index (χ4v) is 4.11. The van der Waals surface area contributed by atoms with Crippen molar-refractivity contribution in [1.29, 1.82) is 0 Å². The molecule has 0 spiro atoms. The van der Waals surface area contributed by atoms with Crippen molar-refractivity contribution in [1.82, 2.24) is 4.90 Å². The van der Waals surface area contributed by atoms with Crippen molar-refractivity contribution in [3.63, 3.8) is 0 Å². The number of carbonyl (C=O) groups excluding carboxylic acids is 1. The smallest absolute Gasteiger partial charge is 0.276 e. The Morgan fingerprint density at radius 2 is 1.54 bits per heavy atom. The molecule has 1 amide bonds. The molecule has 214 valence electrons. The molecule has 5 nitrogen and oxygen atoms in total. The molecular weight excluding hydrogens is 540 g/mol. The van der Waals surface area contributed by atoms with E-state index in [-0.39, 0.29) is 17.2 Å². The van der Waals surface area contributed by atoms with Crippen molar-refractivity contribution in [3.8, 4) is 24.3 Å². The fraction of sp³-hybridized carbons (Fsp3) is 0.387. The Morgan fingerprint density at radius 3 is 2.00 bits per heavy atom. The summed E-state index contributed by atoms with van der Waals surface area (Å²) in [4.78, 5) is 14.4. The molecule has 2 aromatic rings. The van der Waals surface area contributed by atoms with Crippen molar-refractivity contribution in [2.45, 2.75) is 59.7 Å². The Kier molecular flexibility index (Phi) is 16.9. The van der Waals surface area contributed by atoms with E-state index in [9.17, 15) is 9.18 Å². The minimum atomic E-state index is -1.23. The molecule has 1 fully saturated rings. The van der Waals surface area contributed by atoms with Gasteiger partial charge in [-0.3, -0.25) is 4.79 Å². The van der Waals surface area contributed by atoms with Gasteiger partial charge < -0.3 is 19.5 Å². The van der Waals surface area contributed by atoms with Crippen LogP contribution in [0.3, 0.4) is 0 Å². The highest BCUT2D eigenvalue weighted by Crippen LogP contribution is 2.47. The SMILES string of the molecule is C#C.C=CC.CC1(c2ccc(Cl)cc2Cl)Oc2cc(F)c(C(=O)N3CCCCC3)cc2O1.CC=C(C)C.CO. The zero-order valence-corrected chi connectivity index (χ0v) is 25.2. The molecule has 2 heterocycles. The number of piperidine rings is 1. The van der Waals surface area contributed by atoms with Gasteiger partial charge in [-0.2, -0.15) is 0 Å². The fourth-order valence-electron chi connectivity index (χ4n) is 3.53. The predicted octanol–water partition coefficient (Wildman–Crippen LogP) is 8.43. The number of ether oxygens (including phenoxy) is 2. The Morgan fingerprint density at radius 1 is 1.05 bits per heavy atom. The molecule has 0 radical (unpaired) electrons. The van der Waals surface area contributed by atoms with Gasteiger partial charge in [-0.1, -0.05) is 40.9 Å². The normalized spacial score (nSPS) is 16.3. The lowest BCUT2D eigenvalue weighted by Crippen LogP contribution is -2.36. The Hall–Kier alpha value is -2.98. The van der Waals surface area contributed by atoms with Gasteiger partial charge in [0.1, 0.15) is 5.82 Å². The van der Waals surface area contributed by atoms with Gasteiger partial charge in [0.05, 0.1) is 16.1 Å². The van der Waals surface area contributed by atoms with E-state index in [4.69, 9.17) is 37.8 Å². The lowest BCUT2D eigenvalue weighted by molar-refractivity contribution is -0.0679. The number of likely N-dealkylation sites (tertiary alicyclic amines) is 1. The number of benzene rings is 2. The molecule has 2 aliphatic heterocycles. The van der Waals surface area contributed by atoms with Gasteiger partial charge in [0, 0.05) is 38.2 Å². The van der Waals surface area contributed by atoms with Gasteiger partial charge in [-0.15, -0.1) is 19.4 Å². The Bertz CT molecular complexity index is 1120. The molecule has 1 N–H and O–H groups in total.